The summed E-state index contributed by atoms with van der Waals surface area (Å²) in [5.41, 5.74) is -0.361. The van der Waals surface area contributed by atoms with Gasteiger partial charge in [0.2, 0.25) is 0 Å². The number of hydrogen-bond acceptors (Lipinski definition) is 3. The van der Waals surface area contributed by atoms with Gasteiger partial charge in [0.1, 0.15) is 12.0 Å². The van der Waals surface area contributed by atoms with Crippen LogP contribution in [0.4, 0.5) is 8.78 Å². The number of alkyl halides is 2. The van der Waals surface area contributed by atoms with Gasteiger partial charge >= 0.3 is 0 Å². The number of halogens is 2. The smallest absolute Gasteiger partial charge is 0.279 e. The van der Waals surface area contributed by atoms with Crippen molar-refractivity contribution in [3.05, 3.63) is 40.2 Å². The van der Waals surface area contributed by atoms with Crippen molar-refractivity contribution >= 4 is 0 Å². The number of hydrogen-bond donors (Lipinski definition) is 1. The van der Waals surface area contributed by atoms with Gasteiger partial charge in [-0.05, 0) is 6.92 Å². The summed E-state index contributed by atoms with van der Waals surface area (Å²) in [5.74, 6) is 0.240. The normalized spacial score (nSPS) is 11.0. The Balaban J connectivity index is 2.52. The predicted octanol–water partition coefficient (Wildman–Crippen LogP) is 1.20. The maximum atomic E-state index is 12.3. The molecule has 0 aliphatic heterocycles. The summed E-state index contributed by atoms with van der Waals surface area (Å²) in [6, 6.07) is 2.37. The molecule has 0 unspecified atom stereocenters. The Labute approximate surface area is 88.8 Å². The molecule has 0 aliphatic carbocycles. The molecule has 2 aromatic rings. The van der Waals surface area contributed by atoms with Gasteiger partial charge in [-0.1, -0.05) is 0 Å². The van der Waals surface area contributed by atoms with Crippen LogP contribution in [0, 0.1) is 6.92 Å². The number of nitrogens with zero attached hydrogens (tertiary/aromatic N) is 3. The van der Waals surface area contributed by atoms with Crippen LogP contribution in [-0.4, -0.2) is 19.7 Å². The molecule has 0 amide bonds. The summed E-state index contributed by atoms with van der Waals surface area (Å²) in [5, 5.41) is 2.29. The second kappa shape index (κ2) is 3.84. The van der Waals surface area contributed by atoms with E-state index in [1.165, 1.54) is 12.4 Å². The fourth-order valence-electron chi connectivity index (χ4n) is 1.26. The molecule has 84 valence electrons. The van der Waals surface area contributed by atoms with E-state index in [2.05, 4.69) is 15.1 Å². The molecule has 7 heteroatoms. The summed E-state index contributed by atoms with van der Waals surface area (Å²) >= 11 is 0. The molecule has 2 heterocycles. The van der Waals surface area contributed by atoms with Crippen LogP contribution in [0.1, 0.15) is 17.8 Å². The van der Waals surface area contributed by atoms with Crippen LogP contribution in [0.2, 0.25) is 0 Å². The number of aromatic nitrogens is 4. The molecule has 1 N–H and O–H groups in total. The average molecular weight is 226 g/mol. The minimum Gasteiger partial charge on any atom is -0.288 e. The maximum Gasteiger partial charge on any atom is 0.279 e. The minimum absolute atomic E-state index is 0.240. The molecule has 0 aromatic carbocycles. The Morgan fingerprint density at radius 2 is 2.12 bits per heavy atom. The highest BCUT2D eigenvalue weighted by Crippen LogP contribution is 2.14. The van der Waals surface area contributed by atoms with E-state index in [1.54, 1.807) is 6.92 Å². The first kappa shape index (κ1) is 10.5. The van der Waals surface area contributed by atoms with E-state index in [1.807, 2.05) is 0 Å². The number of aryl methyl sites for hydroxylation is 1. The third kappa shape index (κ3) is 1.83. The SMILES string of the molecule is Cc1cc(-n2[nH]c(C(F)F)cc2=O)ncn1. The van der Waals surface area contributed by atoms with Crippen LogP contribution in [0.25, 0.3) is 5.82 Å². The molecule has 5 nitrogen and oxygen atoms in total. The predicted molar refractivity (Wildman–Crippen MR) is 51.7 cm³/mol. The minimum atomic E-state index is -2.71. The molecule has 0 spiro atoms. The van der Waals surface area contributed by atoms with Crippen LogP contribution in [0.3, 0.4) is 0 Å². The van der Waals surface area contributed by atoms with Gasteiger partial charge in [-0.3, -0.25) is 9.89 Å². The van der Waals surface area contributed by atoms with Crippen LogP contribution in [0.15, 0.2) is 23.3 Å². The van der Waals surface area contributed by atoms with Gasteiger partial charge in [-0.25, -0.2) is 23.4 Å². The average Bonchev–Trinajstić information content (AvgIpc) is 2.60. The Hall–Kier alpha value is -2.05. The molecule has 0 atom stereocenters. The fraction of sp³-hybridized carbons (Fsp3) is 0.222. The zero-order valence-corrected chi connectivity index (χ0v) is 8.32. The third-order valence-corrected chi connectivity index (χ3v) is 1.99. The van der Waals surface area contributed by atoms with Crippen molar-refractivity contribution in [3.8, 4) is 5.82 Å². The van der Waals surface area contributed by atoms with Gasteiger partial charge in [0.15, 0.2) is 5.82 Å². The van der Waals surface area contributed by atoms with E-state index in [0.29, 0.717) is 5.69 Å². The van der Waals surface area contributed by atoms with Crippen LogP contribution in [-0.2, 0) is 0 Å². The Morgan fingerprint density at radius 3 is 2.69 bits per heavy atom. The van der Waals surface area contributed by atoms with Gasteiger partial charge in [0.05, 0.1) is 0 Å². The quantitative estimate of drug-likeness (QED) is 0.836. The van der Waals surface area contributed by atoms with Crippen LogP contribution < -0.4 is 5.56 Å². The zero-order chi connectivity index (χ0) is 11.7. The maximum absolute atomic E-state index is 12.3. The van der Waals surface area contributed by atoms with Gasteiger partial charge in [0, 0.05) is 17.8 Å². The Morgan fingerprint density at radius 1 is 1.38 bits per heavy atom. The lowest BCUT2D eigenvalue weighted by molar-refractivity contribution is 0.145. The van der Waals surface area contributed by atoms with Crippen molar-refractivity contribution in [1.29, 1.82) is 0 Å². The molecular weight excluding hydrogens is 218 g/mol. The first-order chi connectivity index (χ1) is 7.58. The van der Waals surface area contributed by atoms with Crippen molar-refractivity contribution in [2.75, 3.05) is 0 Å². The van der Waals surface area contributed by atoms with Crippen molar-refractivity contribution in [1.82, 2.24) is 19.7 Å². The number of aromatic amines is 1. The van der Waals surface area contributed by atoms with Crippen molar-refractivity contribution in [2.24, 2.45) is 0 Å². The van der Waals surface area contributed by atoms with E-state index in [0.717, 1.165) is 10.7 Å². The molecule has 0 fully saturated rings. The lowest BCUT2D eigenvalue weighted by Crippen LogP contribution is -2.15. The highest BCUT2D eigenvalue weighted by Gasteiger charge is 2.13. The fourth-order valence-corrected chi connectivity index (χ4v) is 1.26. The van der Waals surface area contributed by atoms with Crippen molar-refractivity contribution in [3.63, 3.8) is 0 Å². The third-order valence-electron chi connectivity index (χ3n) is 1.99. The number of rotatable bonds is 2. The van der Waals surface area contributed by atoms with E-state index in [-0.39, 0.29) is 5.82 Å². The molecule has 0 radical (unpaired) electrons. The Kier molecular flexibility index (Phi) is 2.51. The summed E-state index contributed by atoms with van der Waals surface area (Å²) in [6.07, 6.45) is -1.45. The standard InChI is InChI=1S/C9H8F2N4O/c1-5-2-7(13-4-12-5)15-8(16)3-6(14-15)9(10)11/h2-4,9,14H,1H3. The summed E-state index contributed by atoms with van der Waals surface area (Å²) in [6.45, 7) is 1.72. The molecule has 0 saturated carbocycles. The summed E-state index contributed by atoms with van der Waals surface area (Å²) in [4.78, 5) is 19.1. The largest absolute Gasteiger partial charge is 0.288 e. The molecule has 2 aromatic heterocycles. The zero-order valence-electron chi connectivity index (χ0n) is 8.32. The van der Waals surface area contributed by atoms with E-state index in [4.69, 9.17) is 0 Å². The molecule has 0 aliphatic rings. The second-order valence-electron chi connectivity index (χ2n) is 3.20. The summed E-state index contributed by atoms with van der Waals surface area (Å²) in [7, 11) is 0. The molecule has 16 heavy (non-hydrogen) atoms. The molecule has 2 rings (SSSR count). The first-order valence-corrected chi connectivity index (χ1v) is 4.47. The highest BCUT2D eigenvalue weighted by molar-refractivity contribution is 5.22. The van der Waals surface area contributed by atoms with Crippen molar-refractivity contribution in [2.45, 2.75) is 13.3 Å². The van der Waals surface area contributed by atoms with Crippen molar-refractivity contribution < 1.29 is 8.78 Å². The Bertz CT molecular complexity index is 561. The van der Waals surface area contributed by atoms with E-state index >= 15 is 0 Å². The van der Waals surface area contributed by atoms with Gasteiger partial charge < -0.3 is 0 Å². The first-order valence-electron chi connectivity index (χ1n) is 4.47. The molecular formula is C9H8F2N4O. The molecule has 0 bridgehead atoms. The topological polar surface area (TPSA) is 63.6 Å². The van der Waals surface area contributed by atoms with E-state index in [9.17, 15) is 13.6 Å². The van der Waals surface area contributed by atoms with Gasteiger partial charge in [-0.2, -0.15) is 0 Å². The second-order valence-corrected chi connectivity index (χ2v) is 3.20. The van der Waals surface area contributed by atoms with Gasteiger partial charge in [0.25, 0.3) is 12.0 Å². The van der Waals surface area contributed by atoms with E-state index < -0.39 is 17.7 Å². The highest BCUT2D eigenvalue weighted by atomic mass is 19.3. The monoisotopic (exact) mass is 226 g/mol. The van der Waals surface area contributed by atoms with Crippen LogP contribution in [0.5, 0.6) is 0 Å². The van der Waals surface area contributed by atoms with Crippen LogP contribution >= 0.6 is 0 Å². The lowest BCUT2D eigenvalue weighted by Gasteiger charge is -2.00. The number of nitrogens with one attached hydrogen (secondary N) is 1. The van der Waals surface area contributed by atoms with Gasteiger partial charge in [-0.15, -0.1) is 0 Å². The lowest BCUT2D eigenvalue weighted by atomic mass is 10.4. The number of H-pyrrole nitrogens is 1. The summed E-state index contributed by atoms with van der Waals surface area (Å²) < 4.78 is 25.6. The molecule has 0 saturated heterocycles.